The van der Waals surface area contributed by atoms with Crippen molar-refractivity contribution >= 4 is 21.8 Å². The molecule has 0 spiro atoms. The first-order valence-corrected chi connectivity index (χ1v) is 9.10. The maximum atomic E-state index is 14.1. The zero-order valence-corrected chi connectivity index (χ0v) is 13.3. The van der Waals surface area contributed by atoms with E-state index in [1.807, 2.05) is 0 Å². The summed E-state index contributed by atoms with van der Waals surface area (Å²) in [7, 11) is -2.31. The molecule has 0 bridgehead atoms. The van der Waals surface area contributed by atoms with E-state index < -0.39 is 15.8 Å². The normalized spacial score (nSPS) is 18.6. The van der Waals surface area contributed by atoms with Gasteiger partial charge in [0.15, 0.2) is 0 Å². The summed E-state index contributed by atoms with van der Waals surface area (Å²) in [5.41, 5.74) is 5.66. The fourth-order valence-electron chi connectivity index (χ4n) is 2.10. The first-order chi connectivity index (χ1) is 9.96. The first-order valence-electron chi connectivity index (χ1n) is 6.51. The van der Waals surface area contributed by atoms with E-state index in [1.165, 1.54) is 23.5 Å². The van der Waals surface area contributed by atoms with E-state index in [9.17, 15) is 12.8 Å². The summed E-state index contributed by atoms with van der Waals surface area (Å²) in [6.07, 6.45) is 0.794. The van der Waals surface area contributed by atoms with Crippen LogP contribution in [0.15, 0.2) is 23.1 Å². The topological polar surface area (TPSA) is 63.4 Å². The van der Waals surface area contributed by atoms with Crippen molar-refractivity contribution in [3.05, 3.63) is 29.6 Å². The van der Waals surface area contributed by atoms with E-state index in [0.717, 1.165) is 24.0 Å². The van der Waals surface area contributed by atoms with Gasteiger partial charge in [-0.1, -0.05) is 11.8 Å². The van der Waals surface area contributed by atoms with Crippen LogP contribution in [-0.2, 0) is 10.0 Å². The number of halogens is 1. The maximum Gasteiger partial charge on any atom is 0.246 e. The van der Waals surface area contributed by atoms with Crippen molar-refractivity contribution in [1.29, 1.82) is 0 Å². The molecule has 1 atom stereocenters. The standard InChI is InChI=1S/C14H17FN2O2S2/c1-17(12-6-8-20-10-12)21(18,19)14-5-4-11(3-2-7-16)9-13(14)15/h4-5,9,12H,6-8,10,16H2,1H3. The van der Waals surface area contributed by atoms with Crippen LogP contribution in [0.5, 0.6) is 0 Å². The predicted molar refractivity (Wildman–Crippen MR) is 83.0 cm³/mol. The number of thioether (sulfide) groups is 1. The number of sulfonamides is 1. The molecule has 1 saturated heterocycles. The molecule has 1 fully saturated rings. The molecule has 2 rings (SSSR count). The Labute approximate surface area is 128 Å². The third-order valence-electron chi connectivity index (χ3n) is 3.34. The van der Waals surface area contributed by atoms with Crippen LogP contribution in [0.2, 0.25) is 0 Å². The number of benzene rings is 1. The van der Waals surface area contributed by atoms with E-state index in [4.69, 9.17) is 5.73 Å². The molecule has 1 aromatic carbocycles. The summed E-state index contributed by atoms with van der Waals surface area (Å²) < 4.78 is 40.4. The lowest BCUT2D eigenvalue weighted by atomic mass is 10.2. The molecule has 2 N–H and O–H groups in total. The molecule has 0 amide bonds. The highest BCUT2D eigenvalue weighted by molar-refractivity contribution is 7.99. The molecule has 7 heteroatoms. The molecular weight excluding hydrogens is 311 g/mol. The van der Waals surface area contributed by atoms with Crippen LogP contribution in [0.4, 0.5) is 4.39 Å². The van der Waals surface area contributed by atoms with Gasteiger partial charge >= 0.3 is 0 Å². The molecule has 1 aliphatic rings. The highest BCUT2D eigenvalue weighted by atomic mass is 32.2. The van der Waals surface area contributed by atoms with Gasteiger partial charge in [-0.05, 0) is 30.4 Å². The Balaban J connectivity index is 2.31. The van der Waals surface area contributed by atoms with Crippen LogP contribution >= 0.6 is 11.8 Å². The number of nitrogens with two attached hydrogens (primary N) is 1. The number of rotatable bonds is 3. The van der Waals surface area contributed by atoms with E-state index in [-0.39, 0.29) is 17.5 Å². The smallest absolute Gasteiger partial charge is 0.246 e. The van der Waals surface area contributed by atoms with E-state index in [2.05, 4.69) is 11.8 Å². The molecule has 1 unspecified atom stereocenters. The Kier molecular flexibility index (Phi) is 5.27. The van der Waals surface area contributed by atoms with Gasteiger partial charge in [-0.3, -0.25) is 0 Å². The first kappa shape index (κ1) is 16.3. The van der Waals surface area contributed by atoms with Gasteiger partial charge in [0.2, 0.25) is 10.0 Å². The van der Waals surface area contributed by atoms with Crippen LogP contribution in [0.25, 0.3) is 0 Å². The molecule has 0 aromatic heterocycles. The summed E-state index contributed by atoms with van der Waals surface area (Å²) in [4.78, 5) is -0.305. The fourth-order valence-corrected chi connectivity index (χ4v) is 4.89. The minimum Gasteiger partial charge on any atom is -0.320 e. The lowest BCUT2D eigenvalue weighted by Crippen LogP contribution is -2.37. The zero-order valence-electron chi connectivity index (χ0n) is 11.7. The third-order valence-corrected chi connectivity index (χ3v) is 6.43. The molecule has 114 valence electrons. The van der Waals surface area contributed by atoms with Gasteiger partial charge in [0.05, 0.1) is 6.54 Å². The van der Waals surface area contributed by atoms with Crippen molar-refractivity contribution in [2.24, 2.45) is 5.73 Å². The summed E-state index contributed by atoms with van der Waals surface area (Å²) in [6.45, 7) is 0.170. The second kappa shape index (κ2) is 6.79. The minimum atomic E-state index is -3.82. The van der Waals surface area contributed by atoms with Crippen LogP contribution in [0.3, 0.4) is 0 Å². The molecule has 0 radical (unpaired) electrons. The van der Waals surface area contributed by atoms with Crippen molar-refractivity contribution in [3.63, 3.8) is 0 Å². The van der Waals surface area contributed by atoms with E-state index in [1.54, 1.807) is 11.8 Å². The van der Waals surface area contributed by atoms with Crippen LogP contribution in [0, 0.1) is 17.7 Å². The second-order valence-corrected chi connectivity index (χ2v) is 7.81. The predicted octanol–water partition coefficient (Wildman–Crippen LogP) is 1.26. The van der Waals surface area contributed by atoms with Gasteiger partial charge in [0.25, 0.3) is 0 Å². The highest BCUT2D eigenvalue weighted by Gasteiger charge is 2.32. The summed E-state index contributed by atoms with van der Waals surface area (Å²) in [5.74, 6) is 6.18. The Bertz CT molecular complexity index is 674. The average molecular weight is 328 g/mol. The Hall–Kier alpha value is -1.07. The van der Waals surface area contributed by atoms with Crippen molar-refractivity contribution < 1.29 is 12.8 Å². The van der Waals surface area contributed by atoms with Gasteiger partial charge in [0.1, 0.15) is 10.7 Å². The summed E-state index contributed by atoms with van der Waals surface area (Å²) in [6, 6.07) is 3.82. The second-order valence-electron chi connectivity index (χ2n) is 4.69. The Morgan fingerprint density at radius 2 is 2.29 bits per heavy atom. The van der Waals surface area contributed by atoms with Crippen LogP contribution in [0.1, 0.15) is 12.0 Å². The van der Waals surface area contributed by atoms with Gasteiger partial charge < -0.3 is 5.73 Å². The molecule has 1 heterocycles. The third kappa shape index (κ3) is 3.58. The van der Waals surface area contributed by atoms with Gasteiger partial charge in [-0.15, -0.1) is 0 Å². The highest BCUT2D eigenvalue weighted by Crippen LogP contribution is 2.27. The molecule has 0 saturated carbocycles. The molecule has 1 aromatic rings. The summed E-state index contributed by atoms with van der Waals surface area (Å²) in [5, 5.41) is 0. The molecule has 0 aliphatic carbocycles. The number of nitrogens with zero attached hydrogens (tertiary/aromatic N) is 1. The van der Waals surface area contributed by atoms with Gasteiger partial charge in [0, 0.05) is 24.4 Å². The SMILES string of the molecule is CN(C1CCSC1)S(=O)(=O)c1ccc(C#CCN)cc1F. The van der Waals surface area contributed by atoms with Crippen molar-refractivity contribution in [1.82, 2.24) is 4.31 Å². The monoisotopic (exact) mass is 328 g/mol. The van der Waals surface area contributed by atoms with Gasteiger partial charge in [-0.2, -0.15) is 16.1 Å². The minimum absolute atomic E-state index is 0.0730. The quantitative estimate of drug-likeness (QED) is 0.849. The molecular formula is C14H17FN2O2S2. The van der Waals surface area contributed by atoms with Crippen molar-refractivity contribution in [3.8, 4) is 11.8 Å². The van der Waals surface area contributed by atoms with E-state index >= 15 is 0 Å². The average Bonchev–Trinajstić information content (AvgIpc) is 2.98. The number of hydrogen-bond acceptors (Lipinski definition) is 4. The van der Waals surface area contributed by atoms with Crippen LogP contribution < -0.4 is 5.73 Å². The molecule has 4 nitrogen and oxygen atoms in total. The number of hydrogen-bond donors (Lipinski definition) is 1. The lowest BCUT2D eigenvalue weighted by Gasteiger charge is -2.23. The Morgan fingerprint density at radius 3 is 2.86 bits per heavy atom. The van der Waals surface area contributed by atoms with Crippen molar-refractivity contribution in [2.45, 2.75) is 17.4 Å². The fraction of sp³-hybridized carbons (Fsp3) is 0.429. The van der Waals surface area contributed by atoms with Crippen LogP contribution in [-0.4, -0.2) is 43.9 Å². The summed E-state index contributed by atoms with van der Waals surface area (Å²) >= 11 is 1.71. The Morgan fingerprint density at radius 1 is 1.52 bits per heavy atom. The maximum absolute atomic E-state index is 14.1. The largest absolute Gasteiger partial charge is 0.320 e. The van der Waals surface area contributed by atoms with Crippen molar-refractivity contribution in [2.75, 3.05) is 25.1 Å². The molecule has 21 heavy (non-hydrogen) atoms. The van der Waals surface area contributed by atoms with Gasteiger partial charge in [-0.25, -0.2) is 12.8 Å². The molecule has 1 aliphatic heterocycles. The zero-order chi connectivity index (χ0) is 15.5. The lowest BCUT2D eigenvalue weighted by molar-refractivity contribution is 0.392. The van der Waals surface area contributed by atoms with E-state index in [0.29, 0.717) is 5.56 Å².